The minimum atomic E-state index is -0.136. The number of nitrogens with one attached hydrogen (secondary N) is 2. The van der Waals surface area contributed by atoms with Crippen LogP contribution in [0.5, 0.6) is 0 Å². The number of piperidine rings is 1. The average molecular weight is 350 g/mol. The zero-order chi connectivity index (χ0) is 16.4. The first-order chi connectivity index (χ1) is 11.8. The van der Waals surface area contributed by atoms with Gasteiger partial charge >= 0.3 is 6.03 Å². The molecule has 3 fully saturated rings. The molecular formula is C17H27N5OS. The molecule has 0 aromatic carbocycles. The van der Waals surface area contributed by atoms with Gasteiger partial charge in [-0.05, 0) is 31.6 Å². The molecule has 4 rings (SSSR count). The van der Waals surface area contributed by atoms with Gasteiger partial charge in [-0.1, -0.05) is 37.0 Å². The van der Waals surface area contributed by atoms with E-state index < -0.39 is 0 Å². The maximum atomic E-state index is 12.2. The number of anilines is 1. The quantitative estimate of drug-likeness (QED) is 0.857. The first-order valence-electron chi connectivity index (χ1n) is 9.40. The van der Waals surface area contributed by atoms with Crippen molar-refractivity contribution in [2.45, 2.75) is 69.9 Å². The largest absolute Gasteiger partial charge is 0.335 e. The van der Waals surface area contributed by atoms with Gasteiger partial charge in [-0.2, -0.15) is 0 Å². The van der Waals surface area contributed by atoms with E-state index in [9.17, 15) is 4.79 Å². The Morgan fingerprint density at radius 2 is 1.83 bits per heavy atom. The third-order valence-corrected chi connectivity index (χ3v) is 6.41. The fourth-order valence-corrected chi connectivity index (χ4v) is 4.86. The number of hydrogen-bond acceptors (Lipinski definition) is 5. The number of carbonyl (C=O) groups excluding carboxylic acids is 1. The number of aromatic nitrogens is 2. The molecule has 2 saturated carbocycles. The van der Waals surface area contributed by atoms with E-state index >= 15 is 0 Å². The average Bonchev–Trinajstić information content (AvgIpc) is 3.13. The van der Waals surface area contributed by atoms with Crippen LogP contribution in [-0.2, 0) is 6.42 Å². The van der Waals surface area contributed by atoms with Crippen LogP contribution in [-0.4, -0.2) is 46.3 Å². The molecule has 1 aliphatic heterocycles. The highest BCUT2D eigenvalue weighted by molar-refractivity contribution is 7.15. The molecule has 1 aromatic heterocycles. The molecule has 132 valence electrons. The molecule has 0 atom stereocenters. The Morgan fingerprint density at radius 1 is 1.08 bits per heavy atom. The van der Waals surface area contributed by atoms with Crippen LogP contribution in [0.15, 0.2) is 0 Å². The predicted molar refractivity (Wildman–Crippen MR) is 95.3 cm³/mol. The van der Waals surface area contributed by atoms with Gasteiger partial charge in [0.2, 0.25) is 5.13 Å². The van der Waals surface area contributed by atoms with Gasteiger partial charge in [-0.25, -0.2) is 4.79 Å². The number of hydrogen-bond donors (Lipinski definition) is 2. The smallest absolute Gasteiger partial charge is 0.321 e. The third kappa shape index (κ3) is 4.25. The summed E-state index contributed by atoms with van der Waals surface area (Å²) in [4.78, 5) is 14.7. The van der Waals surface area contributed by atoms with Crippen molar-refractivity contribution in [1.29, 1.82) is 0 Å². The molecule has 1 aromatic rings. The molecule has 0 bridgehead atoms. The van der Waals surface area contributed by atoms with Crippen molar-refractivity contribution in [2.75, 3.05) is 18.4 Å². The Balaban J connectivity index is 1.20. The van der Waals surface area contributed by atoms with Gasteiger partial charge < -0.3 is 10.2 Å². The van der Waals surface area contributed by atoms with E-state index in [0.29, 0.717) is 5.13 Å². The number of nitrogens with zero attached hydrogens (tertiary/aromatic N) is 3. The lowest BCUT2D eigenvalue weighted by molar-refractivity contribution is 0.189. The first kappa shape index (κ1) is 16.3. The molecule has 1 saturated heterocycles. The second-order valence-corrected chi connectivity index (χ2v) is 8.56. The molecule has 2 heterocycles. The number of amides is 2. The van der Waals surface area contributed by atoms with Crippen LogP contribution >= 0.6 is 11.3 Å². The predicted octanol–water partition coefficient (Wildman–Crippen LogP) is 3.02. The minimum absolute atomic E-state index is 0.136. The monoisotopic (exact) mass is 349 g/mol. The van der Waals surface area contributed by atoms with Crippen LogP contribution in [0, 0.1) is 5.92 Å². The molecule has 0 radical (unpaired) electrons. The van der Waals surface area contributed by atoms with E-state index in [0.717, 1.165) is 49.3 Å². The summed E-state index contributed by atoms with van der Waals surface area (Å²) in [5.74, 6) is 0.760. The van der Waals surface area contributed by atoms with Crippen molar-refractivity contribution in [3.8, 4) is 0 Å². The Bertz CT molecular complexity index is 559. The highest BCUT2D eigenvalue weighted by Gasteiger charge is 2.32. The zero-order valence-corrected chi connectivity index (χ0v) is 15.0. The molecule has 7 heteroatoms. The lowest BCUT2D eigenvalue weighted by Crippen LogP contribution is -2.46. The van der Waals surface area contributed by atoms with Gasteiger partial charge in [0.1, 0.15) is 5.01 Å². The second-order valence-electron chi connectivity index (χ2n) is 7.50. The first-order valence-corrected chi connectivity index (χ1v) is 10.2. The fraction of sp³-hybridized carbons (Fsp3) is 0.824. The van der Waals surface area contributed by atoms with Gasteiger partial charge in [-0.15, -0.1) is 10.2 Å². The lowest BCUT2D eigenvalue weighted by atomic mass is 10.1. The van der Waals surface area contributed by atoms with Crippen LogP contribution in [0.4, 0.5) is 9.93 Å². The molecule has 0 spiro atoms. The highest BCUT2D eigenvalue weighted by Crippen LogP contribution is 2.30. The number of urea groups is 1. The Kier molecular flexibility index (Phi) is 4.98. The van der Waals surface area contributed by atoms with Gasteiger partial charge in [0.15, 0.2) is 0 Å². The molecule has 0 unspecified atom stereocenters. The summed E-state index contributed by atoms with van der Waals surface area (Å²) in [6, 6.07) is 0.980. The Hall–Kier alpha value is -1.21. The van der Waals surface area contributed by atoms with Crippen molar-refractivity contribution in [2.24, 2.45) is 5.92 Å². The van der Waals surface area contributed by atoms with Crippen molar-refractivity contribution < 1.29 is 4.79 Å². The van der Waals surface area contributed by atoms with Crippen LogP contribution in [0.1, 0.15) is 56.4 Å². The van der Waals surface area contributed by atoms with Crippen molar-refractivity contribution >= 4 is 22.5 Å². The van der Waals surface area contributed by atoms with E-state index in [4.69, 9.17) is 0 Å². The summed E-state index contributed by atoms with van der Waals surface area (Å²) in [7, 11) is 0. The van der Waals surface area contributed by atoms with E-state index in [1.54, 1.807) is 0 Å². The van der Waals surface area contributed by atoms with Crippen LogP contribution in [0.25, 0.3) is 0 Å². The number of carbonyl (C=O) groups is 1. The summed E-state index contributed by atoms with van der Waals surface area (Å²) in [6.07, 6.45) is 11.1. The van der Waals surface area contributed by atoms with E-state index in [2.05, 4.69) is 25.7 Å². The van der Waals surface area contributed by atoms with Gasteiger partial charge in [-0.3, -0.25) is 5.32 Å². The van der Waals surface area contributed by atoms with E-state index in [-0.39, 0.29) is 12.1 Å². The molecule has 6 nitrogen and oxygen atoms in total. The van der Waals surface area contributed by atoms with E-state index in [1.807, 2.05) is 0 Å². The summed E-state index contributed by atoms with van der Waals surface area (Å²) < 4.78 is 0. The second kappa shape index (κ2) is 7.35. The number of rotatable bonds is 5. The summed E-state index contributed by atoms with van der Waals surface area (Å²) in [6.45, 7) is 2.22. The molecular weight excluding hydrogens is 322 g/mol. The maximum absolute atomic E-state index is 12.2. The summed E-state index contributed by atoms with van der Waals surface area (Å²) in [5, 5.41) is 16.0. The molecule has 2 N–H and O–H groups in total. The van der Waals surface area contributed by atoms with E-state index in [1.165, 1.54) is 49.9 Å². The highest BCUT2D eigenvalue weighted by atomic mass is 32.1. The molecule has 3 aliphatic rings. The SMILES string of the molecule is O=C(Nc1nnc(CC2CCCC2)s1)NC1CCN(C2CC2)CC1. The van der Waals surface area contributed by atoms with Gasteiger partial charge in [0, 0.05) is 31.6 Å². The summed E-state index contributed by atoms with van der Waals surface area (Å²) in [5.41, 5.74) is 0. The third-order valence-electron chi connectivity index (χ3n) is 5.55. The standard InChI is InChI=1S/C17H27N5OS/c23-16(18-13-7-9-22(10-8-13)14-5-6-14)19-17-21-20-15(24-17)11-12-3-1-2-4-12/h12-14H,1-11H2,(H2,18,19,21,23). The fourth-order valence-electron chi connectivity index (χ4n) is 4.02. The number of likely N-dealkylation sites (tertiary alicyclic amines) is 1. The van der Waals surface area contributed by atoms with Gasteiger partial charge in [0.25, 0.3) is 0 Å². The van der Waals surface area contributed by atoms with Crippen LogP contribution in [0.2, 0.25) is 0 Å². The van der Waals surface area contributed by atoms with Crippen molar-refractivity contribution in [3.05, 3.63) is 5.01 Å². The van der Waals surface area contributed by atoms with Crippen molar-refractivity contribution in [1.82, 2.24) is 20.4 Å². The normalized spacial score (nSPS) is 23.5. The van der Waals surface area contributed by atoms with Crippen LogP contribution < -0.4 is 10.6 Å². The summed E-state index contributed by atoms with van der Waals surface area (Å²) >= 11 is 1.52. The van der Waals surface area contributed by atoms with Crippen molar-refractivity contribution in [3.63, 3.8) is 0 Å². The van der Waals surface area contributed by atoms with Crippen LogP contribution in [0.3, 0.4) is 0 Å². The Labute approximate surface area is 147 Å². The zero-order valence-electron chi connectivity index (χ0n) is 14.2. The topological polar surface area (TPSA) is 70.1 Å². The minimum Gasteiger partial charge on any atom is -0.335 e. The molecule has 2 aliphatic carbocycles. The lowest BCUT2D eigenvalue weighted by Gasteiger charge is -2.32. The molecule has 24 heavy (non-hydrogen) atoms. The van der Waals surface area contributed by atoms with Gasteiger partial charge in [0.05, 0.1) is 0 Å². The maximum Gasteiger partial charge on any atom is 0.321 e. The Morgan fingerprint density at radius 3 is 2.54 bits per heavy atom. The molecule has 2 amide bonds.